The van der Waals surface area contributed by atoms with Gasteiger partial charge in [0, 0.05) is 13.6 Å². The van der Waals surface area contributed by atoms with Gasteiger partial charge in [0.25, 0.3) is 10.0 Å². The van der Waals surface area contributed by atoms with Crippen LogP contribution in [-0.4, -0.2) is 37.5 Å². The molecule has 1 saturated carbocycles. The van der Waals surface area contributed by atoms with Crippen LogP contribution >= 0.6 is 27.3 Å². The second kappa shape index (κ2) is 4.97. The lowest BCUT2D eigenvalue weighted by atomic mass is 9.82. The number of halogens is 1. The van der Waals surface area contributed by atoms with Gasteiger partial charge in [-0.15, -0.1) is 11.3 Å². The van der Waals surface area contributed by atoms with E-state index >= 15 is 0 Å². The van der Waals surface area contributed by atoms with E-state index in [9.17, 15) is 13.5 Å². The topological polar surface area (TPSA) is 57.6 Å². The van der Waals surface area contributed by atoms with Crippen molar-refractivity contribution in [3.8, 4) is 0 Å². The van der Waals surface area contributed by atoms with Crippen LogP contribution in [0.3, 0.4) is 0 Å². The van der Waals surface area contributed by atoms with Crippen LogP contribution in [0.1, 0.15) is 12.8 Å². The van der Waals surface area contributed by atoms with Gasteiger partial charge in [-0.05, 0) is 46.8 Å². The lowest BCUT2D eigenvalue weighted by Gasteiger charge is -2.33. The van der Waals surface area contributed by atoms with E-state index in [1.54, 1.807) is 19.2 Å². The van der Waals surface area contributed by atoms with Crippen LogP contribution in [0.25, 0.3) is 0 Å². The zero-order chi connectivity index (χ0) is 12.6. The van der Waals surface area contributed by atoms with Crippen LogP contribution in [0.15, 0.2) is 20.1 Å². The van der Waals surface area contributed by atoms with Gasteiger partial charge in [-0.25, -0.2) is 8.42 Å². The fourth-order valence-corrected chi connectivity index (χ4v) is 5.37. The SMILES string of the molecule is CN(CC1CC(O)C1)S(=O)(=O)c1ccc(Br)s1. The van der Waals surface area contributed by atoms with E-state index in [1.165, 1.54) is 15.6 Å². The average molecular weight is 340 g/mol. The number of sulfonamides is 1. The number of nitrogens with zero attached hydrogens (tertiary/aromatic N) is 1. The zero-order valence-electron chi connectivity index (χ0n) is 9.34. The second-order valence-electron chi connectivity index (χ2n) is 4.34. The van der Waals surface area contributed by atoms with Crippen molar-refractivity contribution >= 4 is 37.3 Å². The minimum absolute atomic E-state index is 0.244. The van der Waals surface area contributed by atoms with Crippen LogP contribution < -0.4 is 0 Å². The molecule has 1 aromatic rings. The molecule has 1 heterocycles. The van der Waals surface area contributed by atoms with E-state index in [0.29, 0.717) is 23.6 Å². The van der Waals surface area contributed by atoms with Crippen molar-refractivity contribution in [2.24, 2.45) is 5.92 Å². The molecule has 0 bridgehead atoms. The molecule has 17 heavy (non-hydrogen) atoms. The molecule has 0 atom stereocenters. The summed E-state index contributed by atoms with van der Waals surface area (Å²) in [6.45, 7) is 0.481. The molecule has 4 nitrogen and oxygen atoms in total. The van der Waals surface area contributed by atoms with Gasteiger partial charge in [0.2, 0.25) is 0 Å². The van der Waals surface area contributed by atoms with Crippen molar-refractivity contribution in [1.82, 2.24) is 4.31 Å². The van der Waals surface area contributed by atoms with E-state index < -0.39 is 10.0 Å². The molecule has 1 aromatic heterocycles. The number of thiophene rings is 1. The van der Waals surface area contributed by atoms with Gasteiger partial charge >= 0.3 is 0 Å². The third-order valence-electron chi connectivity index (χ3n) is 2.94. The maximum Gasteiger partial charge on any atom is 0.252 e. The van der Waals surface area contributed by atoms with Crippen molar-refractivity contribution in [2.75, 3.05) is 13.6 Å². The van der Waals surface area contributed by atoms with E-state index in [4.69, 9.17) is 0 Å². The van der Waals surface area contributed by atoms with Gasteiger partial charge in [-0.1, -0.05) is 0 Å². The molecule has 1 fully saturated rings. The van der Waals surface area contributed by atoms with Crippen LogP contribution in [0.5, 0.6) is 0 Å². The van der Waals surface area contributed by atoms with E-state index in [-0.39, 0.29) is 12.0 Å². The van der Waals surface area contributed by atoms with E-state index in [2.05, 4.69) is 15.9 Å². The minimum Gasteiger partial charge on any atom is -0.393 e. The Labute approximate surface area is 113 Å². The second-order valence-corrected chi connectivity index (χ2v) is 9.07. The van der Waals surface area contributed by atoms with Gasteiger partial charge in [0.05, 0.1) is 9.89 Å². The Morgan fingerprint density at radius 2 is 2.18 bits per heavy atom. The van der Waals surface area contributed by atoms with Gasteiger partial charge in [0.15, 0.2) is 0 Å². The van der Waals surface area contributed by atoms with Crippen molar-refractivity contribution in [1.29, 1.82) is 0 Å². The molecule has 0 radical (unpaired) electrons. The number of aliphatic hydroxyl groups is 1. The van der Waals surface area contributed by atoms with Crippen LogP contribution in [0, 0.1) is 5.92 Å². The van der Waals surface area contributed by atoms with Crippen LogP contribution in [-0.2, 0) is 10.0 Å². The fourth-order valence-electron chi connectivity index (χ4n) is 1.90. The minimum atomic E-state index is -3.37. The zero-order valence-corrected chi connectivity index (χ0v) is 12.6. The molecule has 0 aromatic carbocycles. The molecule has 0 unspecified atom stereocenters. The highest BCUT2D eigenvalue weighted by Crippen LogP contribution is 2.31. The van der Waals surface area contributed by atoms with Crippen molar-refractivity contribution in [3.05, 3.63) is 15.9 Å². The molecule has 1 aliphatic carbocycles. The summed E-state index contributed by atoms with van der Waals surface area (Å²) in [4.78, 5) is 0. The molecule has 96 valence electrons. The predicted molar refractivity (Wildman–Crippen MR) is 70.6 cm³/mol. The summed E-state index contributed by atoms with van der Waals surface area (Å²) in [7, 11) is -1.78. The molecule has 0 amide bonds. The normalized spacial score (nSPS) is 24.9. The molecule has 1 N–H and O–H groups in total. The number of hydrogen-bond acceptors (Lipinski definition) is 4. The molecule has 0 aliphatic heterocycles. The highest BCUT2D eigenvalue weighted by molar-refractivity contribution is 9.11. The summed E-state index contributed by atoms with van der Waals surface area (Å²) in [6.07, 6.45) is 1.16. The molecular weight excluding hydrogens is 326 g/mol. The predicted octanol–water partition coefficient (Wildman–Crippen LogP) is 1.90. The van der Waals surface area contributed by atoms with Crippen molar-refractivity contribution < 1.29 is 13.5 Å². The Bertz CT molecular complexity index is 493. The van der Waals surface area contributed by atoms with Gasteiger partial charge in [-0.2, -0.15) is 4.31 Å². The summed E-state index contributed by atoms with van der Waals surface area (Å²) in [5, 5.41) is 9.18. The first-order chi connectivity index (χ1) is 7.89. The maximum atomic E-state index is 12.2. The fraction of sp³-hybridized carbons (Fsp3) is 0.600. The third-order valence-corrected chi connectivity index (χ3v) is 6.85. The summed E-state index contributed by atoms with van der Waals surface area (Å²) < 4.78 is 26.9. The Hall–Kier alpha value is 0.0500. The number of hydrogen-bond donors (Lipinski definition) is 1. The Morgan fingerprint density at radius 3 is 2.65 bits per heavy atom. The smallest absolute Gasteiger partial charge is 0.252 e. The van der Waals surface area contributed by atoms with Crippen molar-refractivity contribution in [3.63, 3.8) is 0 Å². The van der Waals surface area contributed by atoms with Gasteiger partial charge in [-0.3, -0.25) is 0 Å². The quantitative estimate of drug-likeness (QED) is 0.911. The van der Waals surface area contributed by atoms with Crippen LogP contribution in [0.2, 0.25) is 0 Å². The Balaban J connectivity index is 2.05. The summed E-state index contributed by atoms with van der Waals surface area (Å²) >= 11 is 4.47. The first kappa shape index (κ1) is 13.5. The van der Waals surface area contributed by atoms with Crippen LogP contribution in [0.4, 0.5) is 0 Å². The van der Waals surface area contributed by atoms with Crippen molar-refractivity contribution in [2.45, 2.75) is 23.2 Å². The lowest BCUT2D eigenvalue weighted by molar-refractivity contribution is 0.0367. The Morgan fingerprint density at radius 1 is 1.53 bits per heavy atom. The van der Waals surface area contributed by atoms with Gasteiger partial charge in [0.1, 0.15) is 4.21 Å². The molecule has 1 aliphatic rings. The standard InChI is InChI=1S/C10H14BrNO3S2/c1-12(6-7-4-8(13)5-7)17(14,15)10-3-2-9(11)16-10/h2-3,7-8,13H,4-6H2,1H3. The molecule has 0 spiro atoms. The Kier molecular flexibility index (Phi) is 3.94. The first-order valence-corrected chi connectivity index (χ1v) is 8.34. The highest BCUT2D eigenvalue weighted by Gasteiger charge is 2.32. The highest BCUT2D eigenvalue weighted by atomic mass is 79.9. The molecule has 2 rings (SSSR count). The largest absolute Gasteiger partial charge is 0.393 e. The lowest BCUT2D eigenvalue weighted by Crippen LogP contribution is -2.39. The first-order valence-electron chi connectivity index (χ1n) is 5.29. The third kappa shape index (κ3) is 2.90. The summed E-state index contributed by atoms with van der Waals surface area (Å²) in [6, 6.07) is 3.34. The van der Waals surface area contributed by atoms with E-state index in [0.717, 1.165) is 3.79 Å². The molecular formula is C10H14BrNO3S2. The average Bonchev–Trinajstić information content (AvgIpc) is 2.63. The van der Waals surface area contributed by atoms with E-state index in [1.807, 2.05) is 0 Å². The summed E-state index contributed by atoms with van der Waals surface area (Å²) in [5.74, 6) is 0.285. The monoisotopic (exact) mass is 339 g/mol. The van der Waals surface area contributed by atoms with Gasteiger partial charge < -0.3 is 5.11 Å². The molecule has 0 saturated heterocycles. The maximum absolute atomic E-state index is 12.2. The number of aliphatic hydroxyl groups excluding tert-OH is 1. The summed E-state index contributed by atoms with van der Waals surface area (Å²) in [5.41, 5.74) is 0. The number of rotatable bonds is 4. The molecule has 7 heteroatoms.